The molecule has 1 fully saturated rings. The molecule has 2 aromatic rings. The van der Waals surface area contributed by atoms with Gasteiger partial charge in [-0.1, -0.05) is 18.2 Å². The maximum atomic E-state index is 12.6. The van der Waals surface area contributed by atoms with Gasteiger partial charge in [0.05, 0.1) is 5.56 Å². The predicted molar refractivity (Wildman–Crippen MR) is 77.9 cm³/mol. The summed E-state index contributed by atoms with van der Waals surface area (Å²) in [5.74, 6) is -0.0963. The number of para-hydroxylation sites is 1. The Balaban J connectivity index is 2.04. The van der Waals surface area contributed by atoms with Gasteiger partial charge >= 0.3 is 0 Å². The molecule has 104 valence electrons. The molecule has 20 heavy (non-hydrogen) atoms. The molecular formula is C15H17N3O2. The van der Waals surface area contributed by atoms with Crippen molar-refractivity contribution >= 4 is 16.8 Å². The standard InChI is InChI=1S/C15H17N3O2/c1-18(10-6-7-16-9-10)15(20)12-8-14(19)17-13-5-3-2-4-11(12)13/h2-5,8,10,16H,6-7,9H2,1H3,(H,17,19). The van der Waals surface area contributed by atoms with Crippen LogP contribution in [0, 0.1) is 0 Å². The Morgan fingerprint density at radius 1 is 1.35 bits per heavy atom. The summed E-state index contributed by atoms with van der Waals surface area (Å²) >= 11 is 0. The zero-order valence-electron chi connectivity index (χ0n) is 11.3. The van der Waals surface area contributed by atoms with Crippen molar-refractivity contribution in [1.29, 1.82) is 0 Å². The van der Waals surface area contributed by atoms with Crippen LogP contribution in [-0.2, 0) is 0 Å². The van der Waals surface area contributed by atoms with E-state index in [1.807, 2.05) is 24.3 Å². The second kappa shape index (κ2) is 5.09. The van der Waals surface area contributed by atoms with Gasteiger partial charge in [0.25, 0.3) is 5.91 Å². The summed E-state index contributed by atoms with van der Waals surface area (Å²) in [5, 5.41) is 4.03. The van der Waals surface area contributed by atoms with Gasteiger partial charge in [-0.2, -0.15) is 0 Å². The van der Waals surface area contributed by atoms with Crippen LogP contribution in [0.15, 0.2) is 35.1 Å². The molecule has 1 aliphatic rings. The number of nitrogens with one attached hydrogen (secondary N) is 2. The van der Waals surface area contributed by atoms with Gasteiger partial charge < -0.3 is 15.2 Å². The number of benzene rings is 1. The van der Waals surface area contributed by atoms with Gasteiger partial charge in [0.15, 0.2) is 0 Å². The Labute approximate surface area is 116 Å². The van der Waals surface area contributed by atoms with Crippen LogP contribution in [0.5, 0.6) is 0 Å². The van der Waals surface area contributed by atoms with Crippen LogP contribution in [0.3, 0.4) is 0 Å². The normalized spacial score (nSPS) is 18.4. The summed E-state index contributed by atoms with van der Waals surface area (Å²) in [6, 6.07) is 8.97. The molecule has 1 unspecified atom stereocenters. The maximum absolute atomic E-state index is 12.6. The number of amides is 1. The Morgan fingerprint density at radius 2 is 2.15 bits per heavy atom. The first-order valence-corrected chi connectivity index (χ1v) is 6.77. The van der Waals surface area contributed by atoms with E-state index in [9.17, 15) is 9.59 Å². The van der Waals surface area contributed by atoms with E-state index in [1.54, 1.807) is 11.9 Å². The van der Waals surface area contributed by atoms with E-state index in [2.05, 4.69) is 10.3 Å². The fraction of sp³-hybridized carbons (Fsp3) is 0.333. The quantitative estimate of drug-likeness (QED) is 0.855. The van der Waals surface area contributed by atoms with Crippen LogP contribution in [0.4, 0.5) is 0 Å². The highest BCUT2D eigenvalue weighted by molar-refractivity contribution is 6.05. The summed E-state index contributed by atoms with van der Waals surface area (Å²) in [4.78, 5) is 28.8. The molecule has 0 aliphatic carbocycles. The molecule has 2 N–H and O–H groups in total. The number of aromatic amines is 1. The average molecular weight is 271 g/mol. The smallest absolute Gasteiger partial charge is 0.254 e. The Morgan fingerprint density at radius 3 is 2.90 bits per heavy atom. The molecule has 1 aromatic heterocycles. The summed E-state index contributed by atoms with van der Waals surface area (Å²) in [6.45, 7) is 1.74. The van der Waals surface area contributed by atoms with Crippen molar-refractivity contribution in [3.8, 4) is 0 Å². The SMILES string of the molecule is CN(C(=O)c1cc(=O)[nH]c2ccccc12)C1CCNC1. The van der Waals surface area contributed by atoms with Gasteiger partial charge in [-0.15, -0.1) is 0 Å². The van der Waals surface area contributed by atoms with E-state index in [0.717, 1.165) is 24.9 Å². The average Bonchev–Trinajstić information content (AvgIpc) is 2.99. The fourth-order valence-corrected chi connectivity index (χ4v) is 2.71. The lowest BCUT2D eigenvalue weighted by Crippen LogP contribution is -2.38. The largest absolute Gasteiger partial charge is 0.337 e. The minimum absolute atomic E-state index is 0.0963. The van der Waals surface area contributed by atoms with Crippen molar-refractivity contribution < 1.29 is 4.79 Å². The van der Waals surface area contributed by atoms with Crippen molar-refractivity contribution in [2.24, 2.45) is 0 Å². The molecule has 1 saturated heterocycles. The van der Waals surface area contributed by atoms with E-state index in [0.29, 0.717) is 11.1 Å². The number of fused-ring (bicyclic) bond motifs is 1. The molecule has 0 saturated carbocycles. The number of nitrogens with zero attached hydrogens (tertiary/aromatic N) is 1. The third-order valence-corrected chi connectivity index (χ3v) is 3.88. The number of hydrogen-bond acceptors (Lipinski definition) is 3. The first-order chi connectivity index (χ1) is 9.66. The molecule has 1 atom stereocenters. The van der Waals surface area contributed by atoms with Crippen LogP contribution < -0.4 is 10.9 Å². The highest BCUT2D eigenvalue weighted by atomic mass is 16.2. The summed E-state index contributed by atoms with van der Waals surface area (Å²) in [7, 11) is 1.80. The summed E-state index contributed by atoms with van der Waals surface area (Å²) in [6.07, 6.45) is 0.948. The van der Waals surface area contributed by atoms with E-state index < -0.39 is 0 Å². The molecular weight excluding hydrogens is 254 g/mol. The third-order valence-electron chi connectivity index (χ3n) is 3.88. The van der Waals surface area contributed by atoms with E-state index in [-0.39, 0.29) is 17.5 Å². The van der Waals surface area contributed by atoms with Gasteiger partial charge in [-0.3, -0.25) is 9.59 Å². The van der Waals surface area contributed by atoms with E-state index in [4.69, 9.17) is 0 Å². The Bertz CT molecular complexity index is 702. The molecule has 5 nitrogen and oxygen atoms in total. The van der Waals surface area contributed by atoms with Gasteiger partial charge in [0.1, 0.15) is 0 Å². The van der Waals surface area contributed by atoms with Crippen LogP contribution in [0.2, 0.25) is 0 Å². The van der Waals surface area contributed by atoms with Crippen molar-refractivity contribution in [2.75, 3.05) is 20.1 Å². The number of carbonyl (C=O) groups is 1. The zero-order chi connectivity index (χ0) is 14.1. The summed E-state index contributed by atoms with van der Waals surface area (Å²) in [5.41, 5.74) is 0.921. The molecule has 2 heterocycles. The lowest BCUT2D eigenvalue weighted by atomic mass is 10.1. The first kappa shape index (κ1) is 12.9. The fourth-order valence-electron chi connectivity index (χ4n) is 2.71. The van der Waals surface area contributed by atoms with Gasteiger partial charge in [0.2, 0.25) is 5.56 Å². The molecule has 0 spiro atoms. The Hall–Kier alpha value is -2.14. The lowest BCUT2D eigenvalue weighted by molar-refractivity contribution is 0.0745. The van der Waals surface area contributed by atoms with Crippen molar-refractivity contribution in [3.05, 3.63) is 46.2 Å². The minimum Gasteiger partial charge on any atom is -0.337 e. The number of aromatic nitrogens is 1. The van der Waals surface area contributed by atoms with Crippen molar-refractivity contribution in [2.45, 2.75) is 12.5 Å². The van der Waals surface area contributed by atoms with Crippen LogP contribution in [-0.4, -0.2) is 42.0 Å². The van der Waals surface area contributed by atoms with E-state index >= 15 is 0 Å². The highest BCUT2D eigenvalue weighted by Gasteiger charge is 2.25. The van der Waals surface area contributed by atoms with Gasteiger partial charge in [-0.25, -0.2) is 0 Å². The molecule has 0 radical (unpaired) electrons. The van der Waals surface area contributed by atoms with Gasteiger partial charge in [-0.05, 0) is 19.0 Å². The van der Waals surface area contributed by atoms with Crippen LogP contribution >= 0.6 is 0 Å². The molecule has 1 amide bonds. The van der Waals surface area contributed by atoms with Crippen LogP contribution in [0.25, 0.3) is 10.9 Å². The number of rotatable bonds is 2. The first-order valence-electron chi connectivity index (χ1n) is 6.77. The molecule has 3 rings (SSSR count). The number of pyridine rings is 1. The lowest BCUT2D eigenvalue weighted by Gasteiger charge is -2.24. The molecule has 0 bridgehead atoms. The second-order valence-corrected chi connectivity index (χ2v) is 5.16. The molecule has 1 aromatic carbocycles. The Kier molecular flexibility index (Phi) is 3.28. The maximum Gasteiger partial charge on any atom is 0.254 e. The monoisotopic (exact) mass is 271 g/mol. The third kappa shape index (κ3) is 2.20. The zero-order valence-corrected chi connectivity index (χ0v) is 11.3. The van der Waals surface area contributed by atoms with Crippen molar-refractivity contribution in [1.82, 2.24) is 15.2 Å². The second-order valence-electron chi connectivity index (χ2n) is 5.16. The van der Waals surface area contributed by atoms with E-state index in [1.165, 1.54) is 6.07 Å². The summed E-state index contributed by atoms with van der Waals surface area (Å²) < 4.78 is 0. The number of H-pyrrole nitrogens is 1. The van der Waals surface area contributed by atoms with Crippen molar-refractivity contribution in [3.63, 3.8) is 0 Å². The van der Waals surface area contributed by atoms with Gasteiger partial charge in [0, 0.05) is 36.6 Å². The molecule has 5 heteroatoms. The highest BCUT2D eigenvalue weighted by Crippen LogP contribution is 2.18. The topological polar surface area (TPSA) is 65.2 Å². The number of likely N-dealkylation sites (N-methyl/N-ethyl adjacent to an activating group) is 1. The van der Waals surface area contributed by atoms with Crippen LogP contribution in [0.1, 0.15) is 16.8 Å². The predicted octanol–water partition coefficient (Wildman–Crippen LogP) is 0.962. The number of hydrogen-bond donors (Lipinski definition) is 2. The number of carbonyl (C=O) groups excluding carboxylic acids is 1. The minimum atomic E-state index is -0.245. The molecule has 1 aliphatic heterocycles.